The van der Waals surface area contributed by atoms with Gasteiger partial charge in [0.15, 0.2) is 11.5 Å². The lowest BCUT2D eigenvalue weighted by molar-refractivity contribution is -0.137. The number of rotatable bonds is 8. The van der Waals surface area contributed by atoms with Gasteiger partial charge in [0, 0.05) is 6.08 Å². The zero-order valence-electron chi connectivity index (χ0n) is 15.5. The summed E-state index contributed by atoms with van der Waals surface area (Å²) in [6.07, 6.45) is 2.92. The highest BCUT2D eigenvalue weighted by atomic mass is 16.6. The second kappa shape index (κ2) is 10.4. The highest BCUT2D eigenvalue weighted by molar-refractivity contribution is 5.91. The van der Waals surface area contributed by atoms with Crippen LogP contribution in [0.25, 0.3) is 6.08 Å². The third-order valence-corrected chi connectivity index (χ3v) is 3.59. The van der Waals surface area contributed by atoms with Crippen molar-refractivity contribution in [1.82, 2.24) is 0 Å². The number of ether oxygens (including phenoxy) is 4. The maximum absolute atomic E-state index is 12.3. The Hall–Kier alpha value is -3.79. The third-order valence-electron chi connectivity index (χ3n) is 3.59. The van der Waals surface area contributed by atoms with Crippen molar-refractivity contribution in [1.29, 1.82) is 5.26 Å². The molecule has 0 radical (unpaired) electrons. The predicted octanol–water partition coefficient (Wildman–Crippen LogP) is 3.39. The average Bonchev–Trinajstić information content (AvgIpc) is 2.73. The Kier molecular flexibility index (Phi) is 7.61. The highest BCUT2D eigenvalue weighted by Crippen LogP contribution is 2.29. The number of esters is 2. The molecule has 0 spiro atoms. The van der Waals surface area contributed by atoms with E-state index in [1.54, 1.807) is 49.6 Å². The second-order valence-electron chi connectivity index (χ2n) is 5.44. The minimum Gasteiger partial charge on any atom is -0.497 e. The van der Waals surface area contributed by atoms with E-state index >= 15 is 0 Å². The lowest BCUT2D eigenvalue weighted by Crippen LogP contribution is -2.09. The van der Waals surface area contributed by atoms with Crippen LogP contribution in [0.3, 0.4) is 0 Å². The zero-order chi connectivity index (χ0) is 20.4. The molecule has 0 aliphatic heterocycles. The van der Waals surface area contributed by atoms with E-state index in [9.17, 15) is 9.59 Å². The van der Waals surface area contributed by atoms with Crippen LogP contribution in [-0.4, -0.2) is 32.8 Å². The third kappa shape index (κ3) is 5.88. The molecule has 0 saturated carbocycles. The molecule has 2 aromatic carbocycles. The van der Waals surface area contributed by atoms with E-state index in [-0.39, 0.29) is 18.8 Å². The first-order valence-corrected chi connectivity index (χ1v) is 8.33. The molecule has 0 aliphatic carbocycles. The summed E-state index contributed by atoms with van der Waals surface area (Å²) in [6.45, 7) is 0.0449. The molecule has 2 aromatic rings. The Labute approximate surface area is 162 Å². The van der Waals surface area contributed by atoms with E-state index in [1.165, 1.54) is 19.3 Å². The van der Waals surface area contributed by atoms with Crippen LogP contribution in [0.4, 0.5) is 0 Å². The molecule has 2 rings (SSSR count). The van der Waals surface area contributed by atoms with Gasteiger partial charge in [0.05, 0.1) is 32.3 Å². The fourth-order valence-electron chi connectivity index (χ4n) is 2.17. The van der Waals surface area contributed by atoms with E-state index < -0.39 is 11.9 Å². The lowest BCUT2D eigenvalue weighted by Gasteiger charge is -2.10. The first-order valence-electron chi connectivity index (χ1n) is 8.33. The number of benzene rings is 2. The van der Waals surface area contributed by atoms with Gasteiger partial charge in [-0.1, -0.05) is 6.07 Å². The van der Waals surface area contributed by atoms with Gasteiger partial charge in [0.25, 0.3) is 0 Å². The molecule has 28 heavy (non-hydrogen) atoms. The van der Waals surface area contributed by atoms with Gasteiger partial charge in [0.1, 0.15) is 12.4 Å². The second-order valence-corrected chi connectivity index (χ2v) is 5.44. The Morgan fingerprint density at radius 2 is 1.79 bits per heavy atom. The van der Waals surface area contributed by atoms with Gasteiger partial charge >= 0.3 is 11.9 Å². The van der Waals surface area contributed by atoms with Crippen molar-refractivity contribution in [3.05, 3.63) is 59.7 Å². The summed E-state index contributed by atoms with van der Waals surface area (Å²) >= 11 is 0. The van der Waals surface area contributed by atoms with Crippen molar-refractivity contribution >= 4 is 18.0 Å². The smallest absolute Gasteiger partial charge is 0.343 e. The molecule has 0 unspecified atom stereocenters. The van der Waals surface area contributed by atoms with Crippen LogP contribution in [-0.2, 0) is 9.53 Å². The van der Waals surface area contributed by atoms with E-state index in [1.807, 2.05) is 6.07 Å². The Morgan fingerprint density at radius 1 is 1.04 bits per heavy atom. The fourth-order valence-corrected chi connectivity index (χ4v) is 2.17. The standard InChI is InChI=1S/C21H19NO6/c1-25-17-8-6-16(7-9-17)21(24)28-18-10-4-15(14-19(18)26-2)5-11-20(23)27-13-3-12-22/h4-11,14H,3,13H2,1-2H3/b11-5+. The fraction of sp³-hybridized carbons (Fsp3) is 0.190. The maximum Gasteiger partial charge on any atom is 0.343 e. The molecular weight excluding hydrogens is 362 g/mol. The SMILES string of the molecule is COc1ccc(C(=O)Oc2ccc(/C=C/C(=O)OCCC#N)cc2OC)cc1. The van der Waals surface area contributed by atoms with Gasteiger partial charge in [0.2, 0.25) is 0 Å². The number of hydrogen-bond acceptors (Lipinski definition) is 7. The highest BCUT2D eigenvalue weighted by Gasteiger charge is 2.13. The first-order chi connectivity index (χ1) is 13.6. The Bertz CT molecular complexity index is 896. The van der Waals surface area contributed by atoms with E-state index in [4.69, 9.17) is 24.2 Å². The molecule has 0 aliphatic rings. The van der Waals surface area contributed by atoms with Gasteiger partial charge in [-0.3, -0.25) is 0 Å². The van der Waals surface area contributed by atoms with Crippen LogP contribution in [0.15, 0.2) is 48.5 Å². The monoisotopic (exact) mass is 381 g/mol. The molecule has 0 heterocycles. The van der Waals surface area contributed by atoms with Crippen molar-refractivity contribution in [2.75, 3.05) is 20.8 Å². The van der Waals surface area contributed by atoms with Crippen molar-refractivity contribution in [2.45, 2.75) is 6.42 Å². The summed E-state index contributed by atoms with van der Waals surface area (Å²) in [5.41, 5.74) is 1.02. The van der Waals surface area contributed by atoms with Gasteiger partial charge < -0.3 is 18.9 Å². The van der Waals surface area contributed by atoms with Gasteiger partial charge in [-0.2, -0.15) is 5.26 Å². The molecule has 7 nitrogen and oxygen atoms in total. The van der Waals surface area contributed by atoms with Crippen molar-refractivity contribution in [3.63, 3.8) is 0 Å². The van der Waals surface area contributed by atoms with Crippen LogP contribution in [0.2, 0.25) is 0 Å². The molecular formula is C21H19NO6. The van der Waals surface area contributed by atoms with Gasteiger partial charge in [-0.25, -0.2) is 9.59 Å². The normalized spacial score (nSPS) is 10.2. The molecule has 0 aromatic heterocycles. The van der Waals surface area contributed by atoms with E-state index in [0.717, 1.165) is 0 Å². The Morgan fingerprint density at radius 3 is 2.43 bits per heavy atom. The predicted molar refractivity (Wildman–Crippen MR) is 101 cm³/mol. The lowest BCUT2D eigenvalue weighted by atomic mass is 10.2. The number of nitrogens with zero attached hydrogens (tertiary/aromatic N) is 1. The topological polar surface area (TPSA) is 94.9 Å². The summed E-state index contributed by atoms with van der Waals surface area (Å²) in [7, 11) is 2.99. The van der Waals surface area contributed by atoms with Crippen molar-refractivity contribution in [2.24, 2.45) is 0 Å². The zero-order valence-corrected chi connectivity index (χ0v) is 15.5. The summed E-state index contributed by atoms with van der Waals surface area (Å²) < 4.78 is 20.6. The van der Waals surface area contributed by atoms with Crippen LogP contribution in [0.1, 0.15) is 22.3 Å². The minimum atomic E-state index is -0.552. The number of hydrogen-bond donors (Lipinski definition) is 0. The average molecular weight is 381 g/mol. The van der Waals surface area contributed by atoms with Gasteiger partial charge in [-0.15, -0.1) is 0 Å². The van der Waals surface area contributed by atoms with Gasteiger partial charge in [-0.05, 0) is 48.0 Å². The molecule has 0 amide bonds. The molecule has 7 heteroatoms. The van der Waals surface area contributed by atoms with E-state index in [2.05, 4.69) is 0 Å². The molecule has 0 atom stereocenters. The summed E-state index contributed by atoms with van der Waals surface area (Å²) in [5, 5.41) is 8.41. The summed E-state index contributed by atoms with van der Waals surface area (Å²) in [5.74, 6) is 0.130. The maximum atomic E-state index is 12.3. The summed E-state index contributed by atoms with van der Waals surface area (Å²) in [4.78, 5) is 23.8. The quantitative estimate of drug-likeness (QED) is 0.299. The molecule has 0 N–H and O–H groups in total. The van der Waals surface area contributed by atoms with Crippen molar-refractivity contribution in [3.8, 4) is 23.3 Å². The molecule has 0 saturated heterocycles. The summed E-state index contributed by atoms with van der Waals surface area (Å²) in [6, 6.07) is 13.3. The number of carbonyl (C=O) groups excluding carboxylic acids is 2. The molecule has 144 valence electrons. The van der Waals surface area contributed by atoms with Crippen LogP contribution in [0.5, 0.6) is 17.2 Å². The minimum absolute atomic E-state index is 0.0449. The van der Waals surface area contributed by atoms with Crippen LogP contribution in [0, 0.1) is 11.3 Å². The van der Waals surface area contributed by atoms with Crippen molar-refractivity contribution < 1.29 is 28.5 Å². The number of methoxy groups -OCH3 is 2. The Balaban J connectivity index is 2.06. The van der Waals surface area contributed by atoms with Crippen LogP contribution >= 0.6 is 0 Å². The molecule has 0 bridgehead atoms. The molecule has 0 fully saturated rings. The van der Waals surface area contributed by atoms with E-state index in [0.29, 0.717) is 22.6 Å². The number of nitriles is 1. The van der Waals surface area contributed by atoms with Crippen LogP contribution < -0.4 is 14.2 Å². The number of carbonyl (C=O) groups is 2. The largest absolute Gasteiger partial charge is 0.497 e. The first kappa shape index (κ1) is 20.5.